The van der Waals surface area contributed by atoms with E-state index in [0.717, 1.165) is 26.1 Å². The number of nitrogens with two attached hydrogens (primary N) is 1. The minimum Gasteiger partial charge on any atom is -0.398 e. The Bertz CT molecular complexity index is 452. The van der Waals surface area contributed by atoms with E-state index >= 15 is 0 Å². The Morgan fingerprint density at radius 1 is 1.46 bits per heavy atom. The van der Waals surface area contributed by atoms with E-state index in [-0.39, 0.29) is 0 Å². The van der Waals surface area contributed by atoms with E-state index < -0.39 is 0 Å². The molecular formula is C9H7BrClNS. The molecule has 2 rings (SSSR count). The number of nitrogen functional groups attached to an aromatic ring is 1. The van der Waals surface area contributed by atoms with Gasteiger partial charge in [0.2, 0.25) is 0 Å². The Morgan fingerprint density at radius 2 is 2.23 bits per heavy atom. The number of benzene rings is 1. The zero-order valence-corrected chi connectivity index (χ0v) is 9.84. The number of anilines is 1. The summed E-state index contributed by atoms with van der Waals surface area (Å²) in [5, 5.41) is 4.77. The zero-order chi connectivity index (χ0) is 9.42. The zero-order valence-electron chi connectivity index (χ0n) is 6.68. The average Bonchev–Trinajstić information content (AvgIpc) is 2.56. The molecule has 0 radical (unpaired) electrons. The van der Waals surface area contributed by atoms with Crippen molar-refractivity contribution in [2.24, 2.45) is 0 Å². The first-order valence-corrected chi connectivity index (χ1v) is 6.12. The number of rotatable bonds is 1. The molecule has 4 heteroatoms. The quantitative estimate of drug-likeness (QED) is 0.617. The maximum Gasteiger partial charge on any atom is 0.0585 e. The summed E-state index contributed by atoms with van der Waals surface area (Å²) in [4.78, 5) is 0. The highest BCUT2D eigenvalue weighted by Gasteiger charge is 2.08. The van der Waals surface area contributed by atoms with Crippen LogP contribution in [0.1, 0.15) is 5.56 Å². The second kappa shape index (κ2) is 3.48. The number of thiophene rings is 1. The minimum absolute atomic E-state index is 0.779. The van der Waals surface area contributed by atoms with Gasteiger partial charge in [-0.15, -0.1) is 11.3 Å². The van der Waals surface area contributed by atoms with Gasteiger partial charge in [0.15, 0.2) is 0 Å². The van der Waals surface area contributed by atoms with Crippen molar-refractivity contribution >= 4 is 54.6 Å². The fourth-order valence-electron chi connectivity index (χ4n) is 1.31. The van der Waals surface area contributed by atoms with Crippen molar-refractivity contribution in [2.45, 2.75) is 5.33 Å². The molecule has 0 saturated carbocycles. The normalized spacial score (nSPS) is 10.9. The van der Waals surface area contributed by atoms with Crippen LogP contribution in [0.3, 0.4) is 0 Å². The van der Waals surface area contributed by atoms with Crippen LogP contribution >= 0.6 is 38.9 Å². The van der Waals surface area contributed by atoms with Crippen molar-refractivity contribution in [2.75, 3.05) is 5.73 Å². The monoisotopic (exact) mass is 275 g/mol. The summed E-state index contributed by atoms with van der Waals surface area (Å²) in [6.45, 7) is 0. The van der Waals surface area contributed by atoms with Crippen LogP contribution in [0.25, 0.3) is 10.1 Å². The van der Waals surface area contributed by atoms with Crippen molar-refractivity contribution in [3.63, 3.8) is 0 Å². The van der Waals surface area contributed by atoms with Crippen LogP contribution in [-0.4, -0.2) is 0 Å². The highest BCUT2D eigenvalue weighted by Crippen LogP contribution is 2.36. The molecule has 0 aliphatic carbocycles. The van der Waals surface area contributed by atoms with E-state index in [1.807, 2.05) is 12.1 Å². The smallest absolute Gasteiger partial charge is 0.0585 e. The molecule has 0 spiro atoms. The average molecular weight is 277 g/mol. The summed E-state index contributed by atoms with van der Waals surface area (Å²) in [6.07, 6.45) is 0. The van der Waals surface area contributed by atoms with Crippen molar-refractivity contribution in [1.29, 1.82) is 0 Å². The van der Waals surface area contributed by atoms with Gasteiger partial charge in [-0.05, 0) is 23.1 Å². The predicted octanol–water partition coefficient (Wildman–Crippen LogP) is 4.03. The molecule has 1 heterocycles. The number of hydrogen-bond acceptors (Lipinski definition) is 2. The second-order valence-corrected chi connectivity index (χ2v) is 4.58. The molecule has 0 aliphatic heterocycles. The molecule has 0 atom stereocenters. The van der Waals surface area contributed by atoms with E-state index in [1.54, 1.807) is 11.3 Å². The van der Waals surface area contributed by atoms with Crippen LogP contribution in [0.2, 0.25) is 5.02 Å². The van der Waals surface area contributed by atoms with Gasteiger partial charge in [-0.3, -0.25) is 0 Å². The highest BCUT2D eigenvalue weighted by molar-refractivity contribution is 9.08. The molecule has 0 saturated heterocycles. The Labute approximate surface area is 93.6 Å². The van der Waals surface area contributed by atoms with Crippen LogP contribution in [0.4, 0.5) is 5.69 Å². The molecule has 2 N–H and O–H groups in total. The molecule has 0 aliphatic rings. The maximum absolute atomic E-state index is 6.04. The molecule has 1 aromatic carbocycles. The third kappa shape index (κ3) is 1.45. The van der Waals surface area contributed by atoms with Crippen LogP contribution in [0, 0.1) is 0 Å². The fraction of sp³-hybridized carbons (Fsp3) is 0.111. The summed E-state index contributed by atoms with van der Waals surface area (Å²) in [7, 11) is 0. The van der Waals surface area contributed by atoms with E-state index in [2.05, 4.69) is 21.3 Å². The summed E-state index contributed by atoms with van der Waals surface area (Å²) < 4.78 is 1.08. The molecule has 1 aromatic heterocycles. The molecule has 1 nitrogen and oxygen atoms in total. The topological polar surface area (TPSA) is 26.0 Å². The molecule has 0 bridgehead atoms. The third-order valence-electron chi connectivity index (χ3n) is 1.93. The summed E-state index contributed by atoms with van der Waals surface area (Å²) in [6, 6.07) is 3.69. The molecule has 2 aromatic rings. The lowest BCUT2D eigenvalue weighted by Gasteiger charge is -2.00. The molecular weight excluding hydrogens is 270 g/mol. The maximum atomic E-state index is 6.04. The largest absolute Gasteiger partial charge is 0.398 e. The SMILES string of the molecule is Nc1ccc(Cl)c2scc(CBr)c12. The van der Waals surface area contributed by atoms with Gasteiger partial charge >= 0.3 is 0 Å². The van der Waals surface area contributed by atoms with Crippen LogP contribution in [0.15, 0.2) is 17.5 Å². The fourth-order valence-corrected chi connectivity index (χ4v) is 3.26. The highest BCUT2D eigenvalue weighted by atomic mass is 79.9. The van der Waals surface area contributed by atoms with Gasteiger partial charge in [-0.25, -0.2) is 0 Å². The predicted molar refractivity (Wildman–Crippen MR) is 63.9 cm³/mol. The number of alkyl halides is 1. The minimum atomic E-state index is 0.779. The van der Waals surface area contributed by atoms with Crippen LogP contribution in [0.5, 0.6) is 0 Å². The number of fused-ring (bicyclic) bond motifs is 1. The van der Waals surface area contributed by atoms with E-state index in [4.69, 9.17) is 17.3 Å². The second-order valence-electron chi connectivity index (χ2n) is 2.74. The first kappa shape index (κ1) is 9.31. The molecule has 0 amide bonds. The van der Waals surface area contributed by atoms with Gasteiger partial charge in [0.1, 0.15) is 0 Å². The van der Waals surface area contributed by atoms with Gasteiger partial charge in [0, 0.05) is 16.4 Å². The lowest BCUT2D eigenvalue weighted by Crippen LogP contribution is -1.86. The summed E-state index contributed by atoms with van der Waals surface area (Å²) in [5.41, 5.74) is 7.88. The van der Waals surface area contributed by atoms with Gasteiger partial charge in [0.25, 0.3) is 0 Å². The molecule has 68 valence electrons. The summed E-state index contributed by atoms with van der Waals surface area (Å²) >= 11 is 11.1. The Balaban J connectivity index is 2.87. The van der Waals surface area contributed by atoms with E-state index in [1.165, 1.54) is 5.56 Å². The van der Waals surface area contributed by atoms with Gasteiger partial charge in [-0.2, -0.15) is 0 Å². The Kier molecular flexibility index (Phi) is 2.49. The summed E-state index contributed by atoms with van der Waals surface area (Å²) in [5.74, 6) is 0. The molecule has 0 fully saturated rings. The third-order valence-corrected chi connectivity index (χ3v) is 4.02. The lowest BCUT2D eigenvalue weighted by molar-refractivity contribution is 1.54. The van der Waals surface area contributed by atoms with Gasteiger partial charge in [-0.1, -0.05) is 27.5 Å². The molecule has 13 heavy (non-hydrogen) atoms. The first-order valence-electron chi connectivity index (χ1n) is 3.74. The Morgan fingerprint density at radius 3 is 2.92 bits per heavy atom. The van der Waals surface area contributed by atoms with Crippen LogP contribution in [-0.2, 0) is 5.33 Å². The standard InChI is InChI=1S/C9H7BrClNS/c10-3-5-4-13-9-6(11)1-2-7(12)8(5)9/h1-2,4H,3,12H2. The van der Waals surface area contributed by atoms with Gasteiger partial charge < -0.3 is 5.73 Å². The first-order chi connectivity index (χ1) is 6.24. The van der Waals surface area contributed by atoms with Crippen molar-refractivity contribution in [1.82, 2.24) is 0 Å². The van der Waals surface area contributed by atoms with Crippen molar-refractivity contribution in [3.05, 3.63) is 28.1 Å². The van der Waals surface area contributed by atoms with E-state index in [9.17, 15) is 0 Å². The number of hydrogen-bond donors (Lipinski definition) is 1. The lowest BCUT2D eigenvalue weighted by atomic mass is 10.1. The van der Waals surface area contributed by atoms with Crippen molar-refractivity contribution in [3.8, 4) is 0 Å². The van der Waals surface area contributed by atoms with Gasteiger partial charge in [0.05, 0.1) is 9.72 Å². The number of halogens is 2. The Hall–Kier alpha value is -0.250. The van der Waals surface area contributed by atoms with Crippen molar-refractivity contribution < 1.29 is 0 Å². The molecule has 0 unspecified atom stereocenters. The van der Waals surface area contributed by atoms with E-state index in [0.29, 0.717) is 0 Å². The van der Waals surface area contributed by atoms with Crippen LogP contribution < -0.4 is 5.73 Å².